The number of rotatable bonds is 3. The molecule has 3 heteroatoms. The Bertz CT molecular complexity index is 571. The Balaban J connectivity index is 2.69. The summed E-state index contributed by atoms with van der Waals surface area (Å²) in [5.74, 6) is 0.232. The second kappa shape index (κ2) is 4.65. The maximum Gasteiger partial charge on any atom is 0.168 e. The standard InChI is InChI=1S/C14H16BrNO/c1-9(8-15)14(17)13-10(2)16(3)12-7-5-4-6-11(12)13/h4-7,9H,8H2,1-3H3. The van der Waals surface area contributed by atoms with Gasteiger partial charge in [0, 0.05) is 40.5 Å². The molecule has 0 spiro atoms. The van der Waals surface area contributed by atoms with E-state index in [-0.39, 0.29) is 11.7 Å². The smallest absolute Gasteiger partial charge is 0.168 e. The van der Waals surface area contributed by atoms with E-state index in [1.54, 1.807) is 0 Å². The van der Waals surface area contributed by atoms with Crippen molar-refractivity contribution in [2.45, 2.75) is 13.8 Å². The lowest BCUT2D eigenvalue weighted by Crippen LogP contribution is -2.13. The van der Waals surface area contributed by atoms with Crippen molar-refractivity contribution >= 4 is 32.6 Å². The summed E-state index contributed by atoms with van der Waals surface area (Å²) >= 11 is 3.38. The van der Waals surface area contributed by atoms with Gasteiger partial charge in [-0.3, -0.25) is 4.79 Å². The van der Waals surface area contributed by atoms with Crippen molar-refractivity contribution in [2.24, 2.45) is 13.0 Å². The van der Waals surface area contributed by atoms with Crippen LogP contribution in [-0.4, -0.2) is 15.7 Å². The summed E-state index contributed by atoms with van der Waals surface area (Å²) in [6.45, 7) is 3.96. The highest BCUT2D eigenvalue weighted by Gasteiger charge is 2.21. The normalized spacial score (nSPS) is 12.9. The minimum Gasteiger partial charge on any atom is -0.347 e. The van der Waals surface area contributed by atoms with Crippen molar-refractivity contribution in [3.05, 3.63) is 35.5 Å². The van der Waals surface area contributed by atoms with Gasteiger partial charge in [0.1, 0.15) is 0 Å². The molecule has 0 saturated heterocycles. The number of alkyl halides is 1. The van der Waals surface area contributed by atoms with Crippen LogP contribution < -0.4 is 0 Å². The highest BCUT2D eigenvalue weighted by molar-refractivity contribution is 9.09. The fraction of sp³-hybridized carbons (Fsp3) is 0.357. The average Bonchev–Trinajstić information content (AvgIpc) is 2.61. The molecule has 0 radical (unpaired) electrons. The topological polar surface area (TPSA) is 22.0 Å². The number of benzene rings is 1. The van der Waals surface area contributed by atoms with Crippen LogP contribution >= 0.6 is 15.9 Å². The Labute approximate surface area is 110 Å². The number of hydrogen-bond acceptors (Lipinski definition) is 1. The van der Waals surface area contributed by atoms with Crippen molar-refractivity contribution in [2.75, 3.05) is 5.33 Å². The van der Waals surface area contributed by atoms with Gasteiger partial charge < -0.3 is 4.57 Å². The van der Waals surface area contributed by atoms with Crippen LogP contribution in [0.25, 0.3) is 10.9 Å². The van der Waals surface area contributed by atoms with Crippen LogP contribution in [0.3, 0.4) is 0 Å². The molecule has 1 atom stereocenters. The zero-order chi connectivity index (χ0) is 12.6. The van der Waals surface area contributed by atoms with E-state index in [1.807, 2.05) is 39.1 Å². The van der Waals surface area contributed by atoms with Gasteiger partial charge in [-0.2, -0.15) is 0 Å². The summed E-state index contributed by atoms with van der Waals surface area (Å²) in [4.78, 5) is 12.4. The first-order valence-electron chi connectivity index (χ1n) is 5.72. The lowest BCUT2D eigenvalue weighted by atomic mass is 9.98. The molecule has 1 unspecified atom stereocenters. The van der Waals surface area contributed by atoms with Crippen LogP contribution in [0.4, 0.5) is 0 Å². The summed E-state index contributed by atoms with van der Waals surface area (Å²) in [5.41, 5.74) is 3.04. The van der Waals surface area contributed by atoms with Crippen LogP contribution in [0.2, 0.25) is 0 Å². The van der Waals surface area contributed by atoms with Gasteiger partial charge >= 0.3 is 0 Å². The average molecular weight is 294 g/mol. The molecule has 0 N–H and O–H groups in total. The lowest BCUT2D eigenvalue weighted by molar-refractivity contribution is 0.0943. The van der Waals surface area contributed by atoms with Crippen molar-refractivity contribution < 1.29 is 4.79 Å². The van der Waals surface area contributed by atoms with Crippen LogP contribution in [0, 0.1) is 12.8 Å². The Morgan fingerprint density at radius 3 is 2.71 bits per heavy atom. The molecule has 0 bridgehead atoms. The number of aromatic nitrogens is 1. The van der Waals surface area contributed by atoms with E-state index in [4.69, 9.17) is 0 Å². The second-order valence-electron chi connectivity index (χ2n) is 4.46. The van der Waals surface area contributed by atoms with E-state index < -0.39 is 0 Å². The molecule has 0 fully saturated rings. The van der Waals surface area contributed by atoms with Gasteiger partial charge in [0.15, 0.2) is 5.78 Å². The molecule has 17 heavy (non-hydrogen) atoms. The number of para-hydroxylation sites is 1. The second-order valence-corrected chi connectivity index (χ2v) is 5.10. The molecule has 0 aliphatic heterocycles. The van der Waals surface area contributed by atoms with Crippen molar-refractivity contribution in [1.29, 1.82) is 0 Å². The SMILES string of the molecule is Cc1c(C(=O)C(C)CBr)c2ccccc2n1C. The molecule has 0 amide bonds. The molecule has 2 aromatic rings. The number of carbonyl (C=O) groups is 1. The third-order valence-electron chi connectivity index (χ3n) is 3.33. The number of carbonyl (C=O) groups excluding carboxylic acids is 1. The van der Waals surface area contributed by atoms with Crippen LogP contribution in [0.15, 0.2) is 24.3 Å². The minimum atomic E-state index is 0.0134. The predicted octanol–water partition coefficient (Wildman–Crippen LogP) is 3.70. The van der Waals surface area contributed by atoms with Crippen molar-refractivity contribution in [1.82, 2.24) is 4.57 Å². The van der Waals surface area contributed by atoms with Gasteiger partial charge in [0.05, 0.1) is 0 Å². The number of halogens is 1. The Kier molecular flexibility index (Phi) is 3.38. The number of nitrogens with zero attached hydrogens (tertiary/aromatic N) is 1. The van der Waals surface area contributed by atoms with E-state index >= 15 is 0 Å². The number of ketones is 1. The van der Waals surface area contributed by atoms with E-state index in [9.17, 15) is 4.79 Å². The molecule has 1 aromatic carbocycles. The van der Waals surface area contributed by atoms with E-state index in [2.05, 4.69) is 26.6 Å². The van der Waals surface area contributed by atoms with Crippen LogP contribution in [0.1, 0.15) is 23.0 Å². The van der Waals surface area contributed by atoms with Gasteiger partial charge in [0.25, 0.3) is 0 Å². The van der Waals surface area contributed by atoms with Gasteiger partial charge in [-0.15, -0.1) is 0 Å². The molecule has 90 valence electrons. The summed E-state index contributed by atoms with van der Waals surface area (Å²) in [6, 6.07) is 8.07. The monoisotopic (exact) mass is 293 g/mol. The molecular weight excluding hydrogens is 278 g/mol. The number of fused-ring (bicyclic) bond motifs is 1. The zero-order valence-corrected chi connectivity index (χ0v) is 11.9. The van der Waals surface area contributed by atoms with Gasteiger partial charge in [-0.05, 0) is 13.0 Å². The highest BCUT2D eigenvalue weighted by atomic mass is 79.9. The van der Waals surface area contributed by atoms with Gasteiger partial charge in [-0.1, -0.05) is 41.1 Å². The predicted molar refractivity (Wildman–Crippen MR) is 74.9 cm³/mol. The number of aryl methyl sites for hydroxylation is 1. The number of Topliss-reactive ketones (excluding diaryl/α,β-unsaturated/α-hetero) is 1. The molecule has 1 aromatic heterocycles. The third kappa shape index (κ3) is 1.93. The quantitative estimate of drug-likeness (QED) is 0.625. The Hall–Kier alpha value is -1.09. The third-order valence-corrected chi connectivity index (χ3v) is 4.30. The maximum absolute atomic E-state index is 12.4. The Morgan fingerprint density at radius 1 is 1.41 bits per heavy atom. The molecule has 0 saturated carbocycles. The number of hydrogen-bond donors (Lipinski definition) is 0. The molecule has 0 aliphatic rings. The van der Waals surface area contributed by atoms with Crippen LogP contribution in [-0.2, 0) is 7.05 Å². The largest absolute Gasteiger partial charge is 0.347 e. The fourth-order valence-electron chi connectivity index (χ4n) is 2.15. The first-order valence-corrected chi connectivity index (χ1v) is 6.84. The summed E-state index contributed by atoms with van der Waals surface area (Å²) in [5, 5.41) is 1.76. The lowest BCUT2D eigenvalue weighted by Gasteiger charge is -2.07. The van der Waals surface area contributed by atoms with Crippen LogP contribution in [0.5, 0.6) is 0 Å². The fourth-order valence-corrected chi connectivity index (χ4v) is 2.44. The molecule has 0 aliphatic carbocycles. The van der Waals surface area contributed by atoms with Gasteiger partial charge in [0.2, 0.25) is 0 Å². The highest BCUT2D eigenvalue weighted by Crippen LogP contribution is 2.27. The zero-order valence-electron chi connectivity index (χ0n) is 10.3. The first-order chi connectivity index (χ1) is 8.07. The van der Waals surface area contributed by atoms with E-state index in [0.29, 0.717) is 5.33 Å². The molecular formula is C14H16BrNO. The summed E-state index contributed by atoms with van der Waals surface area (Å²) in [6.07, 6.45) is 0. The Morgan fingerprint density at radius 2 is 2.06 bits per heavy atom. The minimum absolute atomic E-state index is 0.0134. The summed E-state index contributed by atoms with van der Waals surface area (Å²) in [7, 11) is 2.01. The van der Waals surface area contributed by atoms with E-state index in [0.717, 1.165) is 22.2 Å². The van der Waals surface area contributed by atoms with Crippen molar-refractivity contribution in [3.63, 3.8) is 0 Å². The van der Waals surface area contributed by atoms with Crippen molar-refractivity contribution in [3.8, 4) is 0 Å². The first kappa shape index (κ1) is 12.4. The van der Waals surface area contributed by atoms with Gasteiger partial charge in [-0.25, -0.2) is 0 Å². The molecule has 2 rings (SSSR count). The molecule has 2 nitrogen and oxygen atoms in total. The maximum atomic E-state index is 12.4. The summed E-state index contributed by atoms with van der Waals surface area (Å²) < 4.78 is 2.09. The van der Waals surface area contributed by atoms with E-state index in [1.165, 1.54) is 0 Å². The molecule has 1 heterocycles.